The Hall–Kier alpha value is -2.48. The van der Waals surface area contributed by atoms with Crippen LogP contribution in [0.3, 0.4) is 0 Å². The van der Waals surface area contributed by atoms with E-state index in [-0.39, 0.29) is 11.8 Å². The van der Waals surface area contributed by atoms with E-state index in [1.165, 1.54) is 0 Å². The Balaban J connectivity index is 2.33. The molecule has 2 rings (SSSR count). The molecule has 0 saturated carbocycles. The van der Waals surface area contributed by atoms with Gasteiger partial charge in [0.05, 0.1) is 17.6 Å². The highest BCUT2D eigenvalue weighted by molar-refractivity contribution is 6.07. The topological polar surface area (TPSA) is 85.9 Å². The van der Waals surface area contributed by atoms with Gasteiger partial charge in [0.2, 0.25) is 0 Å². The lowest BCUT2D eigenvalue weighted by Crippen LogP contribution is -2.34. The predicted octanol–water partition coefficient (Wildman–Crippen LogP) is 2.37. The van der Waals surface area contributed by atoms with Gasteiger partial charge in [-0.15, -0.1) is 0 Å². The molecule has 1 amide bonds. The average molecular weight is 270 g/mol. The number of carbonyl (C=O) groups excluding carboxylic acids is 1. The Morgan fingerprint density at radius 2 is 2.30 bits per heavy atom. The molecule has 5 nitrogen and oxygen atoms in total. The van der Waals surface area contributed by atoms with Crippen molar-refractivity contribution >= 4 is 22.5 Å². The fourth-order valence-corrected chi connectivity index (χ4v) is 2.22. The number of rotatable bonds is 4. The number of nitrogen functional groups attached to an aromatic ring is 1. The van der Waals surface area contributed by atoms with Gasteiger partial charge in [0.15, 0.2) is 0 Å². The average Bonchev–Trinajstić information content (AvgIpc) is 2.86. The molecule has 2 aromatic rings. The van der Waals surface area contributed by atoms with E-state index in [1.54, 1.807) is 23.2 Å². The second-order valence-electron chi connectivity index (χ2n) is 4.88. The summed E-state index contributed by atoms with van der Waals surface area (Å²) in [7, 11) is 0. The van der Waals surface area contributed by atoms with Crippen LogP contribution < -0.4 is 5.73 Å². The maximum atomic E-state index is 12.6. The molecule has 0 spiro atoms. The number of nitrogens with one attached hydrogen (secondary N) is 1. The van der Waals surface area contributed by atoms with Gasteiger partial charge >= 0.3 is 0 Å². The molecule has 1 aromatic carbocycles. The SMILES string of the molecule is CCN(CC(C)C#N)C(=O)c1c[nH]c2cc(N)ccc12. The van der Waals surface area contributed by atoms with Crippen LogP contribution in [0.1, 0.15) is 24.2 Å². The van der Waals surface area contributed by atoms with E-state index >= 15 is 0 Å². The van der Waals surface area contributed by atoms with Crippen molar-refractivity contribution in [1.82, 2.24) is 9.88 Å². The zero-order valence-corrected chi connectivity index (χ0v) is 11.7. The Labute approximate surface area is 118 Å². The van der Waals surface area contributed by atoms with Crippen molar-refractivity contribution in [2.45, 2.75) is 13.8 Å². The van der Waals surface area contributed by atoms with Crippen molar-refractivity contribution in [3.8, 4) is 6.07 Å². The van der Waals surface area contributed by atoms with Crippen LogP contribution in [0.25, 0.3) is 10.9 Å². The summed E-state index contributed by atoms with van der Waals surface area (Å²) in [6, 6.07) is 7.58. The first-order chi connectivity index (χ1) is 9.56. The minimum atomic E-state index is -0.181. The summed E-state index contributed by atoms with van der Waals surface area (Å²) < 4.78 is 0. The van der Waals surface area contributed by atoms with Crippen LogP contribution >= 0.6 is 0 Å². The first kappa shape index (κ1) is 13.9. The third-order valence-electron chi connectivity index (χ3n) is 3.32. The normalized spacial score (nSPS) is 12.1. The molecule has 0 radical (unpaired) electrons. The molecule has 0 aliphatic rings. The second kappa shape index (κ2) is 5.66. The van der Waals surface area contributed by atoms with Gasteiger partial charge in [0.1, 0.15) is 0 Å². The van der Waals surface area contributed by atoms with E-state index in [9.17, 15) is 4.79 Å². The predicted molar refractivity (Wildman–Crippen MR) is 79.1 cm³/mol. The molecule has 0 saturated heterocycles. The summed E-state index contributed by atoms with van der Waals surface area (Å²) in [5, 5.41) is 9.74. The molecular weight excluding hydrogens is 252 g/mol. The molecular formula is C15H18N4O. The molecule has 0 aliphatic heterocycles. The van der Waals surface area contributed by atoms with Crippen LogP contribution in [0.5, 0.6) is 0 Å². The van der Waals surface area contributed by atoms with Crippen LogP contribution in [0.4, 0.5) is 5.69 Å². The number of anilines is 1. The number of H-pyrrole nitrogens is 1. The summed E-state index contributed by atoms with van der Waals surface area (Å²) in [6.45, 7) is 4.74. The molecule has 20 heavy (non-hydrogen) atoms. The largest absolute Gasteiger partial charge is 0.399 e. The van der Waals surface area contributed by atoms with E-state index in [1.807, 2.05) is 19.9 Å². The van der Waals surface area contributed by atoms with E-state index in [0.717, 1.165) is 10.9 Å². The van der Waals surface area contributed by atoms with Crippen molar-refractivity contribution in [1.29, 1.82) is 5.26 Å². The number of carbonyl (C=O) groups is 1. The monoisotopic (exact) mass is 270 g/mol. The van der Waals surface area contributed by atoms with Gasteiger partial charge in [-0.05, 0) is 32.0 Å². The van der Waals surface area contributed by atoms with E-state index in [0.29, 0.717) is 24.3 Å². The van der Waals surface area contributed by atoms with Crippen molar-refractivity contribution in [3.05, 3.63) is 30.0 Å². The van der Waals surface area contributed by atoms with Gasteiger partial charge in [-0.3, -0.25) is 4.79 Å². The molecule has 1 unspecified atom stereocenters. The third-order valence-corrected chi connectivity index (χ3v) is 3.32. The fraction of sp³-hybridized carbons (Fsp3) is 0.333. The van der Waals surface area contributed by atoms with Crippen molar-refractivity contribution < 1.29 is 4.79 Å². The highest BCUT2D eigenvalue weighted by Crippen LogP contribution is 2.22. The maximum Gasteiger partial charge on any atom is 0.256 e. The number of hydrogen-bond acceptors (Lipinski definition) is 3. The summed E-state index contributed by atoms with van der Waals surface area (Å²) in [5.74, 6) is -0.245. The van der Waals surface area contributed by atoms with Gasteiger partial charge in [-0.25, -0.2) is 0 Å². The lowest BCUT2D eigenvalue weighted by molar-refractivity contribution is 0.0754. The summed E-state index contributed by atoms with van der Waals surface area (Å²) in [5.41, 5.74) is 7.85. The molecule has 1 aromatic heterocycles. The van der Waals surface area contributed by atoms with Crippen LogP contribution in [-0.2, 0) is 0 Å². The highest BCUT2D eigenvalue weighted by Gasteiger charge is 2.19. The third kappa shape index (κ3) is 2.59. The molecule has 0 aliphatic carbocycles. The fourth-order valence-electron chi connectivity index (χ4n) is 2.22. The van der Waals surface area contributed by atoms with Gasteiger partial charge in [-0.2, -0.15) is 5.26 Å². The lowest BCUT2D eigenvalue weighted by Gasteiger charge is -2.21. The smallest absolute Gasteiger partial charge is 0.256 e. The zero-order chi connectivity index (χ0) is 14.7. The van der Waals surface area contributed by atoms with Gasteiger partial charge in [0, 0.05) is 35.9 Å². The van der Waals surface area contributed by atoms with Crippen molar-refractivity contribution in [3.63, 3.8) is 0 Å². The highest BCUT2D eigenvalue weighted by atomic mass is 16.2. The number of nitriles is 1. The van der Waals surface area contributed by atoms with E-state index in [2.05, 4.69) is 11.1 Å². The van der Waals surface area contributed by atoms with Crippen molar-refractivity contribution in [2.24, 2.45) is 5.92 Å². The summed E-state index contributed by atoms with van der Waals surface area (Å²) >= 11 is 0. The van der Waals surface area contributed by atoms with Crippen LogP contribution in [-0.4, -0.2) is 28.9 Å². The Morgan fingerprint density at radius 3 is 2.95 bits per heavy atom. The molecule has 3 N–H and O–H groups in total. The minimum Gasteiger partial charge on any atom is -0.399 e. The van der Waals surface area contributed by atoms with Gasteiger partial charge in [0.25, 0.3) is 5.91 Å². The van der Waals surface area contributed by atoms with Crippen molar-refractivity contribution in [2.75, 3.05) is 18.8 Å². The first-order valence-electron chi connectivity index (χ1n) is 6.62. The Kier molecular flexibility index (Phi) is 3.94. The van der Waals surface area contributed by atoms with Gasteiger partial charge < -0.3 is 15.6 Å². The number of amides is 1. The first-order valence-corrected chi connectivity index (χ1v) is 6.62. The zero-order valence-electron chi connectivity index (χ0n) is 11.7. The van der Waals surface area contributed by atoms with Crippen LogP contribution in [0, 0.1) is 17.2 Å². The number of aromatic nitrogens is 1. The molecule has 1 atom stereocenters. The number of fused-ring (bicyclic) bond motifs is 1. The number of hydrogen-bond donors (Lipinski definition) is 2. The molecule has 0 bridgehead atoms. The number of nitrogens with two attached hydrogens (primary N) is 1. The number of aromatic amines is 1. The maximum absolute atomic E-state index is 12.6. The minimum absolute atomic E-state index is 0.0642. The molecule has 0 fully saturated rings. The summed E-state index contributed by atoms with van der Waals surface area (Å²) in [4.78, 5) is 17.3. The molecule has 5 heteroatoms. The molecule has 1 heterocycles. The molecule has 104 valence electrons. The quantitative estimate of drug-likeness (QED) is 0.836. The number of benzene rings is 1. The van der Waals surface area contributed by atoms with Crippen LogP contribution in [0.15, 0.2) is 24.4 Å². The Morgan fingerprint density at radius 1 is 1.55 bits per heavy atom. The van der Waals surface area contributed by atoms with Gasteiger partial charge in [-0.1, -0.05) is 0 Å². The van der Waals surface area contributed by atoms with E-state index in [4.69, 9.17) is 11.0 Å². The second-order valence-corrected chi connectivity index (χ2v) is 4.88. The lowest BCUT2D eigenvalue weighted by atomic mass is 10.1. The standard InChI is InChI=1S/C15H18N4O/c1-3-19(9-10(2)7-16)15(20)13-8-18-14-6-11(17)4-5-12(13)14/h4-6,8,10,18H,3,9,17H2,1-2H3. The summed E-state index contributed by atoms with van der Waals surface area (Å²) in [6.07, 6.45) is 1.70. The Bertz CT molecular complexity index is 668. The van der Waals surface area contributed by atoms with Crippen LogP contribution in [0.2, 0.25) is 0 Å². The number of nitrogens with zero attached hydrogens (tertiary/aromatic N) is 2. The van der Waals surface area contributed by atoms with E-state index < -0.39 is 0 Å².